The van der Waals surface area contributed by atoms with Crippen LogP contribution in [0.15, 0.2) is 42.7 Å². The Morgan fingerprint density at radius 3 is 2.69 bits per heavy atom. The van der Waals surface area contributed by atoms with E-state index in [1.165, 1.54) is 13.2 Å². The van der Waals surface area contributed by atoms with Crippen molar-refractivity contribution in [1.29, 1.82) is 0 Å². The van der Waals surface area contributed by atoms with E-state index in [1.54, 1.807) is 36.7 Å². The van der Waals surface area contributed by atoms with E-state index in [0.29, 0.717) is 40.7 Å². The average molecular weight is 436 g/mol. The lowest BCUT2D eigenvalue weighted by atomic mass is 10.0. The standard InChI is InChI=1S/C24H25FN4O3/c1-32-22-7-5-18(11-21(22)30)17-4-6-19(20(25)10-17)23-27-26-14-29(23)13-15-8-9-28(12-15)24(31)16-2-3-16/h4-7,10-11,14-16,30H,2-3,8-9,12-13H2,1H3/t15-/m0/s1. The van der Waals surface area contributed by atoms with E-state index in [1.807, 2.05) is 9.47 Å². The molecular formula is C24H25FN4O3. The molecule has 3 aromatic rings. The summed E-state index contributed by atoms with van der Waals surface area (Å²) in [4.78, 5) is 14.3. The summed E-state index contributed by atoms with van der Waals surface area (Å²) in [6, 6.07) is 9.87. The lowest BCUT2D eigenvalue weighted by molar-refractivity contribution is -0.131. The van der Waals surface area contributed by atoms with Gasteiger partial charge in [0.1, 0.15) is 12.1 Å². The molecule has 1 aliphatic carbocycles. The van der Waals surface area contributed by atoms with Crippen LogP contribution in [0.3, 0.4) is 0 Å². The molecule has 5 rings (SSSR count). The van der Waals surface area contributed by atoms with E-state index in [2.05, 4.69) is 10.2 Å². The van der Waals surface area contributed by atoms with E-state index in [9.17, 15) is 9.90 Å². The van der Waals surface area contributed by atoms with Gasteiger partial charge >= 0.3 is 0 Å². The van der Waals surface area contributed by atoms with Gasteiger partial charge in [-0.2, -0.15) is 0 Å². The summed E-state index contributed by atoms with van der Waals surface area (Å²) in [5.74, 6) is 1.24. The second-order valence-electron chi connectivity index (χ2n) is 8.60. The number of phenols is 1. The molecule has 8 heteroatoms. The molecule has 0 bridgehead atoms. The summed E-state index contributed by atoms with van der Waals surface area (Å²) in [5.41, 5.74) is 1.69. The van der Waals surface area contributed by atoms with Crippen molar-refractivity contribution in [3.05, 3.63) is 48.5 Å². The van der Waals surface area contributed by atoms with E-state index < -0.39 is 5.82 Å². The zero-order valence-corrected chi connectivity index (χ0v) is 17.9. The van der Waals surface area contributed by atoms with Crippen LogP contribution in [0.2, 0.25) is 0 Å². The number of methoxy groups -OCH3 is 1. The van der Waals surface area contributed by atoms with Gasteiger partial charge in [0.15, 0.2) is 17.3 Å². The first kappa shape index (κ1) is 20.5. The summed E-state index contributed by atoms with van der Waals surface area (Å²) >= 11 is 0. The van der Waals surface area contributed by atoms with E-state index in [-0.39, 0.29) is 17.6 Å². The number of hydrogen-bond donors (Lipinski definition) is 1. The SMILES string of the molecule is COc1ccc(-c2ccc(-c3nncn3C[C@H]3CCN(C(=O)C4CC4)C3)c(F)c2)cc1O. The lowest BCUT2D eigenvalue weighted by Gasteiger charge is -2.17. The Morgan fingerprint density at radius 2 is 1.97 bits per heavy atom. The Labute approximate surface area is 185 Å². The Kier molecular flexibility index (Phi) is 5.28. The molecule has 32 heavy (non-hydrogen) atoms. The molecule has 2 fully saturated rings. The molecular weight excluding hydrogens is 411 g/mol. The minimum atomic E-state index is -0.413. The summed E-state index contributed by atoms with van der Waals surface area (Å²) in [6.45, 7) is 2.16. The number of rotatable bonds is 6. The molecule has 1 aromatic heterocycles. The third-order valence-corrected chi connectivity index (χ3v) is 6.32. The van der Waals surface area contributed by atoms with Crippen LogP contribution >= 0.6 is 0 Å². The van der Waals surface area contributed by atoms with Crippen molar-refractivity contribution in [2.24, 2.45) is 11.8 Å². The lowest BCUT2D eigenvalue weighted by Crippen LogP contribution is -2.30. The highest BCUT2D eigenvalue weighted by Gasteiger charge is 2.36. The molecule has 7 nitrogen and oxygen atoms in total. The number of benzene rings is 2. The van der Waals surface area contributed by atoms with Crippen LogP contribution < -0.4 is 4.74 Å². The van der Waals surface area contributed by atoms with Crippen LogP contribution in [-0.4, -0.2) is 50.9 Å². The van der Waals surface area contributed by atoms with Gasteiger partial charge < -0.3 is 19.3 Å². The van der Waals surface area contributed by atoms with Crippen molar-refractivity contribution in [1.82, 2.24) is 19.7 Å². The molecule has 2 heterocycles. The molecule has 1 saturated heterocycles. The normalized spacial score (nSPS) is 18.2. The first-order valence-electron chi connectivity index (χ1n) is 10.9. The number of amides is 1. The van der Waals surface area contributed by atoms with Crippen LogP contribution in [0, 0.1) is 17.7 Å². The number of nitrogens with zero attached hydrogens (tertiary/aromatic N) is 4. The number of ether oxygens (including phenoxy) is 1. The van der Waals surface area contributed by atoms with Crippen LogP contribution in [-0.2, 0) is 11.3 Å². The van der Waals surface area contributed by atoms with E-state index in [4.69, 9.17) is 4.74 Å². The van der Waals surface area contributed by atoms with Gasteiger partial charge in [-0.15, -0.1) is 10.2 Å². The molecule has 1 amide bonds. The second kappa shape index (κ2) is 8.26. The number of halogens is 1. The second-order valence-corrected chi connectivity index (χ2v) is 8.60. The fraction of sp³-hybridized carbons (Fsp3) is 0.375. The van der Waals surface area contributed by atoms with Crippen molar-refractivity contribution in [3.63, 3.8) is 0 Å². The molecule has 166 valence electrons. The van der Waals surface area contributed by atoms with Crippen LogP contribution in [0.4, 0.5) is 4.39 Å². The average Bonchev–Trinajstić information content (AvgIpc) is 3.38. The maximum Gasteiger partial charge on any atom is 0.225 e. The third kappa shape index (κ3) is 3.92. The van der Waals surface area contributed by atoms with Crippen LogP contribution in [0.5, 0.6) is 11.5 Å². The van der Waals surface area contributed by atoms with Gasteiger partial charge in [-0.1, -0.05) is 12.1 Å². The van der Waals surface area contributed by atoms with Crippen LogP contribution in [0.25, 0.3) is 22.5 Å². The summed E-state index contributed by atoms with van der Waals surface area (Å²) in [7, 11) is 1.48. The quantitative estimate of drug-likeness (QED) is 0.637. The number of likely N-dealkylation sites (tertiary alicyclic amines) is 1. The Balaban J connectivity index is 1.33. The van der Waals surface area contributed by atoms with Crippen molar-refractivity contribution < 1.29 is 19.0 Å². The van der Waals surface area contributed by atoms with Crippen molar-refractivity contribution in [2.75, 3.05) is 20.2 Å². The Hall–Kier alpha value is -3.42. The molecule has 0 unspecified atom stereocenters. The molecule has 0 radical (unpaired) electrons. The highest BCUT2D eigenvalue weighted by Crippen LogP contribution is 2.35. The van der Waals surface area contributed by atoms with E-state index in [0.717, 1.165) is 32.4 Å². The fourth-order valence-electron chi connectivity index (χ4n) is 4.39. The summed E-state index contributed by atoms with van der Waals surface area (Å²) in [6.07, 6.45) is 4.58. The number of carbonyl (C=O) groups excluding carboxylic acids is 1. The van der Waals surface area contributed by atoms with E-state index >= 15 is 4.39 Å². The molecule has 2 aliphatic rings. The molecule has 1 aliphatic heterocycles. The predicted molar refractivity (Wildman–Crippen MR) is 116 cm³/mol. The molecule has 1 atom stereocenters. The number of hydrogen-bond acceptors (Lipinski definition) is 5. The maximum atomic E-state index is 15.1. The van der Waals surface area contributed by atoms with Crippen LogP contribution in [0.1, 0.15) is 19.3 Å². The molecule has 0 spiro atoms. The number of aromatic nitrogens is 3. The van der Waals surface area contributed by atoms with Gasteiger partial charge in [-0.25, -0.2) is 4.39 Å². The fourth-order valence-corrected chi connectivity index (χ4v) is 4.39. The summed E-state index contributed by atoms with van der Waals surface area (Å²) in [5, 5.41) is 18.2. The highest BCUT2D eigenvalue weighted by atomic mass is 19.1. The number of phenolic OH excluding ortho intramolecular Hbond substituents is 1. The topological polar surface area (TPSA) is 80.5 Å². The Morgan fingerprint density at radius 1 is 1.19 bits per heavy atom. The predicted octanol–water partition coefficient (Wildman–Crippen LogP) is 3.72. The Bertz CT molecular complexity index is 1160. The van der Waals surface area contributed by atoms with Gasteiger partial charge in [0.05, 0.1) is 12.7 Å². The third-order valence-electron chi connectivity index (χ3n) is 6.32. The minimum Gasteiger partial charge on any atom is -0.504 e. The van der Waals surface area contributed by atoms with Gasteiger partial charge in [0.2, 0.25) is 5.91 Å². The molecule has 1 saturated carbocycles. The summed E-state index contributed by atoms with van der Waals surface area (Å²) < 4.78 is 22.0. The van der Waals surface area contributed by atoms with Gasteiger partial charge in [-0.05, 0) is 60.6 Å². The smallest absolute Gasteiger partial charge is 0.225 e. The minimum absolute atomic E-state index is 0.00000214. The first-order valence-corrected chi connectivity index (χ1v) is 10.9. The zero-order chi connectivity index (χ0) is 22.2. The first-order chi connectivity index (χ1) is 15.5. The van der Waals surface area contributed by atoms with Crippen molar-refractivity contribution in [3.8, 4) is 34.0 Å². The van der Waals surface area contributed by atoms with Gasteiger partial charge in [0, 0.05) is 25.6 Å². The number of aromatic hydroxyl groups is 1. The maximum absolute atomic E-state index is 15.1. The van der Waals surface area contributed by atoms with Crippen molar-refractivity contribution in [2.45, 2.75) is 25.8 Å². The number of carbonyl (C=O) groups is 1. The zero-order valence-electron chi connectivity index (χ0n) is 17.9. The largest absolute Gasteiger partial charge is 0.504 e. The van der Waals surface area contributed by atoms with Crippen molar-refractivity contribution >= 4 is 5.91 Å². The molecule has 2 aromatic carbocycles. The van der Waals surface area contributed by atoms with Gasteiger partial charge in [-0.3, -0.25) is 4.79 Å². The molecule has 1 N–H and O–H groups in total. The van der Waals surface area contributed by atoms with Gasteiger partial charge in [0.25, 0.3) is 0 Å². The highest BCUT2D eigenvalue weighted by molar-refractivity contribution is 5.81. The monoisotopic (exact) mass is 436 g/mol.